The molecule has 4 rings (SSSR count). The summed E-state index contributed by atoms with van der Waals surface area (Å²) in [5.41, 5.74) is 5.20. The standard InChI is InChI=1S/C23H27N3O/c1-16-6-11-20-19(14-16)22(2,3)23(24-21(27)15-26(20)23)13-12-17-7-9-18(10-8-17)25(4)5/h6-14H,15H2,1-5H3,(H,24,27)/b13-12+/t23-/m1/s1. The fourth-order valence-corrected chi connectivity index (χ4v) is 4.39. The minimum absolute atomic E-state index is 0.0712. The Balaban J connectivity index is 1.76. The lowest BCUT2D eigenvalue weighted by Gasteiger charge is -2.40. The van der Waals surface area contributed by atoms with Gasteiger partial charge < -0.3 is 15.1 Å². The van der Waals surface area contributed by atoms with Crippen LogP contribution in [0.5, 0.6) is 0 Å². The van der Waals surface area contributed by atoms with Crippen molar-refractivity contribution in [3.63, 3.8) is 0 Å². The Morgan fingerprint density at radius 2 is 1.81 bits per heavy atom. The zero-order valence-corrected chi connectivity index (χ0v) is 16.7. The molecule has 1 fully saturated rings. The van der Waals surface area contributed by atoms with E-state index in [9.17, 15) is 4.79 Å². The summed E-state index contributed by atoms with van der Waals surface area (Å²) in [5, 5.41) is 3.28. The average Bonchev–Trinajstić information content (AvgIpc) is 3.05. The van der Waals surface area contributed by atoms with Crippen LogP contribution in [0.3, 0.4) is 0 Å². The van der Waals surface area contributed by atoms with Crippen molar-refractivity contribution in [1.29, 1.82) is 0 Å². The maximum absolute atomic E-state index is 12.4. The van der Waals surface area contributed by atoms with E-state index in [1.165, 1.54) is 16.8 Å². The molecule has 1 amide bonds. The molecular formula is C23H27N3O. The quantitative estimate of drug-likeness (QED) is 0.905. The van der Waals surface area contributed by atoms with Gasteiger partial charge in [0.05, 0.1) is 6.54 Å². The Labute approximate surface area is 161 Å². The maximum Gasteiger partial charge on any atom is 0.241 e. The highest BCUT2D eigenvalue weighted by Gasteiger charge is 2.59. The molecule has 0 saturated carbocycles. The van der Waals surface area contributed by atoms with Crippen LogP contribution in [0, 0.1) is 6.92 Å². The Morgan fingerprint density at radius 1 is 1.11 bits per heavy atom. The molecule has 2 aromatic rings. The Hall–Kier alpha value is -2.75. The largest absolute Gasteiger partial charge is 0.378 e. The molecule has 27 heavy (non-hydrogen) atoms. The van der Waals surface area contributed by atoms with Gasteiger partial charge in [0.15, 0.2) is 0 Å². The lowest BCUT2D eigenvalue weighted by Crippen LogP contribution is -2.58. The Bertz CT molecular complexity index is 927. The van der Waals surface area contributed by atoms with Crippen LogP contribution in [0.4, 0.5) is 11.4 Å². The minimum atomic E-state index is -0.541. The Kier molecular flexibility index (Phi) is 3.84. The van der Waals surface area contributed by atoms with Gasteiger partial charge in [-0.05, 0) is 42.3 Å². The minimum Gasteiger partial charge on any atom is -0.378 e. The molecule has 0 aromatic heterocycles. The van der Waals surface area contributed by atoms with Crippen molar-refractivity contribution >= 4 is 23.4 Å². The summed E-state index contributed by atoms with van der Waals surface area (Å²) in [6, 6.07) is 15.0. The normalized spacial score (nSPS) is 22.7. The molecule has 0 radical (unpaired) electrons. The molecule has 140 valence electrons. The first-order valence-electron chi connectivity index (χ1n) is 9.41. The van der Waals surface area contributed by atoms with E-state index in [-0.39, 0.29) is 11.3 Å². The van der Waals surface area contributed by atoms with Crippen LogP contribution < -0.4 is 15.1 Å². The second kappa shape index (κ2) is 5.88. The summed E-state index contributed by atoms with van der Waals surface area (Å²) < 4.78 is 0. The van der Waals surface area contributed by atoms with Gasteiger partial charge in [-0.2, -0.15) is 0 Å². The smallest absolute Gasteiger partial charge is 0.241 e. The number of amides is 1. The number of nitrogens with zero attached hydrogens (tertiary/aromatic N) is 2. The summed E-state index contributed by atoms with van der Waals surface area (Å²) >= 11 is 0. The second-order valence-corrected chi connectivity index (χ2v) is 8.37. The number of carbonyl (C=O) groups excluding carboxylic acids is 1. The summed E-state index contributed by atoms with van der Waals surface area (Å²) in [4.78, 5) is 16.7. The first-order valence-corrected chi connectivity index (χ1v) is 9.41. The molecule has 0 bridgehead atoms. The van der Waals surface area contributed by atoms with Crippen LogP contribution in [0.15, 0.2) is 48.5 Å². The summed E-state index contributed by atoms with van der Waals surface area (Å²) in [6.07, 6.45) is 4.29. The highest BCUT2D eigenvalue weighted by atomic mass is 16.2. The third-order valence-corrected chi connectivity index (χ3v) is 6.05. The van der Waals surface area contributed by atoms with Gasteiger partial charge in [-0.15, -0.1) is 0 Å². The first kappa shape index (κ1) is 17.7. The molecule has 0 spiro atoms. The number of anilines is 2. The van der Waals surface area contributed by atoms with Crippen LogP contribution in [-0.2, 0) is 10.2 Å². The molecule has 0 aliphatic carbocycles. The van der Waals surface area contributed by atoms with E-state index in [4.69, 9.17) is 0 Å². The SMILES string of the molecule is Cc1ccc2c(c1)C(C)(C)[C@]1(/C=C/c3ccc(N(C)C)cc3)NC(=O)CN21. The molecule has 1 saturated heterocycles. The molecule has 2 aliphatic heterocycles. The summed E-state index contributed by atoms with van der Waals surface area (Å²) in [6.45, 7) is 6.95. The third kappa shape index (κ3) is 2.54. The molecule has 2 aliphatic rings. The van der Waals surface area contributed by atoms with E-state index in [2.05, 4.69) is 90.5 Å². The molecular weight excluding hydrogens is 334 g/mol. The number of hydrogen-bond donors (Lipinski definition) is 1. The van der Waals surface area contributed by atoms with Crippen molar-refractivity contribution in [1.82, 2.24) is 5.32 Å². The molecule has 1 atom stereocenters. The van der Waals surface area contributed by atoms with Crippen LogP contribution in [0.25, 0.3) is 6.08 Å². The highest BCUT2D eigenvalue weighted by molar-refractivity contribution is 5.91. The van der Waals surface area contributed by atoms with Gasteiger partial charge in [-0.1, -0.05) is 49.8 Å². The van der Waals surface area contributed by atoms with Crippen LogP contribution in [0.1, 0.15) is 30.5 Å². The van der Waals surface area contributed by atoms with Gasteiger partial charge in [0.1, 0.15) is 5.66 Å². The molecule has 4 nitrogen and oxygen atoms in total. The van der Waals surface area contributed by atoms with E-state index in [0.29, 0.717) is 6.54 Å². The topological polar surface area (TPSA) is 35.6 Å². The van der Waals surface area contributed by atoms with Crippen molar-refractivity contribution in [2.75, 3.05) is 30.4 Å². The first-order chi connectivity index (χ1) is 12.7. The third-order valence-electron chi connectivity index (χ3n) is 6.05. The van der Waals surface area contributed by atoms with Crippen molar-refractivity contribution in [3.8, 4) is 0 Å². The fourth-order valence-electron chi connectivity index (χ4n) is 4.39. The number of aryl methyl sites for hydroxylation is 1. The number of nitrogens with one attached hydrogen (secondary N) is 1. The highest BCUT2D eigenvalue weighted by Crippen LogP contribution is 2.53. The lowest BCUT2D eigenvalue weighted by atomic mass is 9.75. The fraction of sp³-hybridized carbons (Fsp3) is 0.348. The van der Waals surface area contributed by atoms with Gasteiger partial charge >= 0.3 is 0 Å². The molecule has 4 heteroatoms. The predicted octanol–water partition coefficient (Wildman–Crippen LogP) is 3.70. The van der Waals surface area contributed by atoms with Crippen molar-refractivity contribution in [2.45, 2.75) is 31.8 Å². The second-order valence-electron chi connectivity index (χ2n) is 8.37. The van der Waals surface area contributed by atoms with E-state index in [1.54, 1.807) is 0 Å². The lowest BCUT2D eigenvalue weighted by molar-refractivity contribution is -0.118. The zero-order valence-electron chi connectivity index (χ0n) is 16.7. The van der Waals surface area contributed by atoms with Crippen LogP contribution in [0.2, 0.25) is 0 Å². The predicted molar refractivity (Wildman–Crippen MR) is 112 cm³/mol. The van der Waals surface area contributed by atoms with Crippen molar-refractivity contribution in [2.24, 2.45) is 0 Å². The molecule has 2 aromatic carbocycles. The Morgan fingerprint density at radius 3 is 2.48 bits per heavy atom. The van der Waals surface area contributed by atoms with Gasteiger partial charge in [0, 0.05) is 30.9 Å². The van der Waals surface area contributed by atoms with E-state index < -0.39 is 5.66 Å². The number of benzene rings is 2. The summed E-state index contributed by atoms with van der Waals surface area (Å²) in [7, 11) is 4.08. The van der Waals surface area contributed by atoms with E-state index in [0.717, 1.165) is 11.3 Å². The van der Waals surface area contributed by atoms with Gasteiger partial charge in [-0.25, -0.2) is 0 Å². The van der Waals surface area contributed by atoms with Crippen molar-refractivity contribution < 1.29 is 4.79 Å². The van der Waals surface area contributed by atoms with Crippen LogP contribution in [-0.4, -0.2) is 32.2 Å². The zero-order chi connectivity index (χ0) is 19.4. The van der Waals surface area contributed by atoms with Crippen molar-refractivity contribution in [3.05, 3.63) is 65.2 Å². The number of fused-ring (bicyclic) bond motifs is 3. The average molecular weight is 361 g/mol. The van der Waals surface area contributed by atoms with Gasteiger partial charge in [-0.3, -0.25) is 4.79 Å². The molecule has 1 N–H and O–H groups in total. The summed E-state index contributed by atoms with van der Waals surface area (Å²) in [5.74, 6) is 0.0712. The maximum atomic E-state index is 12.4. The number of hydrogen-bond acceptors (Lipinski definition) is 3. The number of carbonyl (C=O) groups is 1. The molecule has 2 heterocycles. The van der Waals surface area contributed by atoms with Gasteiger partial charge in [0.2, 0.25) is 5.91 Å². The van der Waals surface area contributed by atoms with Crippen LogP contribution >= 0.6 is 0 Å². The van der Waals surface area contributed by atoms with Gasteiger partial charge in [0.25, 0.3) is 0 Å². The monoisotopic (exact) mass is 361 g/mol. The van der Waals surface area contributed by atoms with E-state index >= 15 is 0 Å². The molecule has 0 unspecified atom stereocenters. The number of rotatable bonds is 3. The van der Waals surface area contributed by atoms with E-state index in [1.807, 2.05) is 14.1 Å².